The zero-order valence-electron chi connectivity index (χ0n) is 9.48. The molecule has 15 heavy (non-hydrogen) atoms. The van der Waals surface area contributed by atoms with Gasteiger partial charge in [-0.3, -0.25) is 0 Å². The molecular formula is C11H21NO2S. The number of nitrogens with zero attached hydrogens (tertiary/aromatic N) is 1. The molecule has 2 saturated heterocycles. The largest absolute Gasteiger partial charge is 0.300 e. The van der Waals surface area contributed by atoms with Crippen LogP contribution in [0.25, 0.3) is 0 Å². The van der Waals surface area contributed by atoms with E-state index < -0.39 is 9.84 Å². The number of rotatable bonds is 1. The normalized spacial score (nSPS) is 30.5. The second kappa shape index (κ2) is 4.42. The second-order valence-corrected chi connectivity index (χ2v) is 7.41. The van der Waals surface area contributed by atoms with Crippen LogP contribution in [0.3, 0.4) is 0 Å². The Morgan fingerprint density at radius 1 is 1.00 bits per heavy atom. The minimum atomic E-state index is -2.69. The molecule has 0 aromatic carbocycles. The van der Waals surface area contributed by atoms with Crippen molar-refractivity contribution in [2.75, 3.05) is 24.6 Å². The van der Waals surface area contributed by atoms with Gasteiger partial charge in [0.05, 0.1) is 11.5 Å². The highest BCUT2D eigenvalue weighted by Crippen LogP contribution is 2.24. The summed E-state index contributed by atoms with van der Waals surface area (Å²) in [7, 11) is -2.69. The first-order valence-corrected chi connectivity index (χ1v) is 7.83. The standard InChI is InChI=1S/C11H21NO2S/c1-10-2-6-12(7-3-10)11-4-8-15(13,14)9-5-11/h10-11H,2-9H2,1H3. The summed E-state index contributed by atoms with van der Waals surface area (Å²) in [5.74, 6) is 1.67. The Hall–Kier alpha value is -0.0900. The molecule has 2 fully saturated rings. The summed E-state index contributed by atoms with van der Waals surface area (Å²) in [6.07, 6.45) is 4.28. The third kappa shape index (κ3) is 2.94. The van der Waals surface area contributed by atoms with Crippen LogP contribution in [0, 0.1) is 5.92 Å². The molecule has 0 bridgehead atoms. The molecule has 2 aliphatic heterocycles. The van der Waals surface area contributed by atoms with Crippen LogP contribution in [0.15, 0.2) is 0 Å². The van der Waals surface area contributed by atoms with E-state index in [2.05, 4.69) is 11.8 Å². The van der Waals surface area contributed by atoms with Crippen molar-refractivity contribution in [3.05, 3.63) is 0 Å². The summed E-state index contributed by atoms with van der Waals surface area (Å²) in [5.41, 5.74) is 0. The van der Waals surface area contributed by atoms with Gasteiger partial charge in [-0.1, -0.05) is 6.92 Å². The van der Waals surface area contributed by atoms with Crippen LogP contribution in [0.1, 0.15) is 32.6 Å². The van der Waals surface area contributed by atoms with E-state index in [9.17, 15) is 8.42 Å². The number of hydrogen-bond acceptors (Lipinski definition) is 3. The third-order valence-corrected chi connectivity index (χ3v) is 5.57. The number of piperidine rings is 1. The van der Waals surface area contributed by atoms with E-state index in [-0.39, 0.29) is 0 Å². The number of hydrogen-bond donors (Lipinski definition) is 0. The lowest BCUT2D eigenvalue weighted by atomic mass is 9.96. The fourth-order valence-corrected chi connectivity index (χ4v) is 4.10. The van der Waals surface area contributed by atoms with Crippen molar-refractivity contribution in [2.45, 2.75) is 38.6 Å². The second-order valence-electron chi connectivity index (χ2n) is 5.10. The maximum Gasteiger partial charge on any atom is 0.150 e. The van der Waals surface area contributed by atoms with E-state index >= 15 is 0 Å². The van der Waals surface area contributed by atoms with Crippen LogP contribution >= 0.6 is 0 Å². The average Bonchev–Trinajstić information content (AvgIpc) is 2.20. The minimum absolute atomic E-state index is 0.406. The van der Waals surface area contributed by atoms with Gasteiger partial charge in [-0.2, -0.15) is 0 Å². The van der Waals surface area contributed by atoms with E-state index in [1.54, 1.807) is 0 Å². The Morgan fingerprint density at radius 2 is 1.53 bits per heavy atom. The van der Waals surface area contributed by atoms with Crippen LogP contribution in [0.5, 0.6) is 0 Å². The van der Waals surface area contributed by atoms with Crippen molar-refractivity contribution >= 4 is 9.84 Å². The van der Waals surface area contributed by atoms with Gasteiger partial charge in [-0.25, -0.2) is 8.42 Å². The summed E-state index contributed by atoms with van der Waals surface area (Å²) < 4.78 is 22.6. The van der Waals surface area contributed by atoms with E-state index in [1.807, 2.05) is 0 Å². The van der Waals surface area contributed by atoms with E-state index in [1.165, 1.54) is 25.9 Å². The molecule has 2 rings (SSSR count). The van der Waals surface area contributed by atoms with Gasteiger partial charge in [-0.05, 0) is 44.7 Å². The first-order chi connectivity index (χ1) is 7.07. The molecule has 3 nitrogen and oxygen atoms in total. The van der Waals surface area contributed by atoms with Crippen LogP contribution in [-0.2, 0) is 9.84 Å². The summed E-state index contributed by atoms with van der Waals surface area (Å²) in [4.78, 5) is 2.51. The maximum absolute atomic E-state index is 11.3. The minimum Gasteiger partial charge on any atom is -0.300 e. The Bertz CT molecular complexity index is 291. The molecule has 0 saturated carbocycles. The number of likely N-dealkylation sites (tertiary alicyclic amines) is 1. The Labute approximate surface area is 92.8 Å². The topological polar surface area (TPSA) is 37.4 Å². The predicted octanol–water partition coefficient (Wildman–Crippen LogP) is 1.30. The van der Waals surface area contributed by atoms with Crippen molar-refractivity contribution in [1.29, 1.82) is 0 Å². The molecule has 0 aliphatic carbocycles. The lowest BCUT2D eigenvalue weighted by molar-refractivity contribution is 0.129. The fourth-order valence-electron chi connectivity index (χ4n) is 2.64. The van der Waals surface area contributed by atoms with Gasteiger partial charge < -0.3 is 4.90 Å². The van der Waals surface area contributed by atoms with Gasteiger partial charge in [0.15, 0.2) is 0 Å². The highest BCUT2D eigenvalue weighted by atomic mass is 32.2. The van der Waals surface area contributed by atoms with Gasteiger partial charge in [0.25, 0.3) is 0 Å². The summed E-state index contributed by atoms with van der Waals surface area (Å²) in [6.45, 7) is 4.65. The molecule has 4 heteroatoms. The highest BCUT2D eigenvalue weighted by molar-refractivity contribution is 7.91. The predicted molar refractivity (Wildman–Crippen MR) is 61.6 cm³/mol. The molecule has 88 valence electrons. The summed E-state index contributed by atoms with van der Waals surface area (Å²) in [5, 5.41) is 0. The highest BCUT2D eigenvalue weighted by Gasteiger charge is 2.29. The van der Waals surface area contributed by atoms with Gasteiger partial charge in [0, 0.05) is 6.04 Å². The zero-order chi connectivity index (χ0) is 10.9. The Balaban J connectivity index is 1.86. The molecule has 0 unspecified atom stereocenters. The first-order valence-electron chi connectivity index (χ1n) is 6.01. The van der Waals surface area contributed by atoms with Crippen molar-refractivity contribution in [2.24, 2.45) is 5.92 Å². The lowest BCUT2D eigenvalue weighted by Crippen LogP contribution is -2.44. The SMILES string of the molecule is CC1CCN(C2CCS(=O)(=O)CC2)CC1. The first kappa shape index (κ1) is 11.4. The molecular weight excluding hydrogens is 210 g/mol. The van der Waals surface area contributed by atoms with E-state index in [0.717, 1.165) is 18.8 Å². The van der Waals surface area contributed by atoms with Crippen LogP contribution in [0.4, 0.5) is 0 Å². The van der Waals surface area contributed by atoms with Gasteiger partial charge >= 0.3 is 0 Å². The van der Waals surface area contributed by atoms with Crippen molar-refractivity contribution < 1.29 is 8.42 Å². The van der Waals surface area contributed by atoms with E-state index in [4.69, 9.17) is 0 Å². The fraction of sp³-hybridized carbons (Fsp3) is 1.00. The summed E-state index contributed by atoms with van der Waals surface area (Å²) >= 11 is 0. The zero-order valence-corrected chi connectivity index (χ0v) is 10.3. The van der Waals surface area contributed by atoms with Crippen molar-refractivity contribution in [3.63, 3.8) is 0 Å². The molecule has 0 atom stereocenters. The van der Waals surface area contributed by atoms with E-state index in [0.29, 0.717) is 17.5 Å². The molecule has 0 aromatic heterocycles. The third-order valence-electron chi connectivity index (χ3n) is 3.86. The summed E-state index contributed by atoms with van der Waals surface area (Å²) in [6, 6.07) is 0.543. The van der Waals surface area contributed by atoms with Crippen LogP contribution < -0.4 is 0 Å². The van der Waals surface area contributed by atoms with Crippen LogP contribution in [0.2, 0.25) is 0 Å². The quantitative estimate of drug-likeness (QED) is 0.682. The Morgan fingerprint density at radius 3 is 2.07 bits per heavy atom. The lowest BCUT2D eigenvalue weighted by Gasteiger charge is -2.38. The molecule has 0 amide bonds. The van der Waals surface area contributed by atoms with Crippen LogP contribution in [-0.4, -0.2) is 44.0 Å². The Kier molecular flexibility index (Phi) is 3.36. The molecule has 0 spiro atoms. The van der Waals surface area contributed by atoms with Gasteiger partial charge in [0.2, 0.25) is 0 Å². The number of sulfone groups is 1. The average molecular weight is 231 g/mol. The van der Waals surface area contributed by atoms with Crippen molar-refractivity contribution in [1.82, 2.24) is 4.90 Å². The molecule has 0 N–H and O–H groups in total. The molecule has 0 radical (unpaired) electrons. The monoisotopic (exact) mass is 231 g/mol. The van der Waals surface area contributed by atoms with Crippen molar-refractivity contribution in [3.8, 4) is 0 Å². The molecule has 2 heterocycles. The molecule has 0 aromatic rings. The molecule has 2 aliphatic rings. The smallest absolute Gasteiger partial charge is 0.150 e. The maximum atomic E-state index is 11.3. The van der Waals surface area contributed by atoms with Gasteiger partial charge in [0.1, 0.15) is 9.84 Å². The van der Waals surface area contributed by atoms with Gasteiger partial charge in [-0.15, -0.1) is 0 Å².